The molecule has 0 unspecified atom stereocenters. The van der Waals surface area contributed by atoms with Crippen LogP contribution in [0, 0.1) is 5.82 Å². The normalized spacial score (nSPS) is 10.3. The van der Waals surface area contributed by atoms with E-state index in [2.05, 4.69) is 21.2 Å². The second-order valence-electron chi connectivity index (χ2n) is 4.06. The van der Waals surface area contributed by atoms with Crippen LogP contribution in [-0.2, 0) is 6.54 Å². The minimum absolute atomic E-state index is 0.172. The predicted molar refractivity (Wildman–Crippen MR) is 78.8 cm³/mol. The van der Waals surface area contributed by atoms with Gasteiger partial charge >= 0.3 is 0 Å². The van der Waals surface area contributed by atoms with Crippen LogP contribution in [0.25, 0.3) is 0 Å². The van der Waals surface area contributed by atoms with Crippen LogP contribution >= 0.6 is 15.9 Å². The van der Waals surface area contributed by atoms with Crippen LogP contribution in [0.2, 0.25) is 0 Å². The molecule has 0 saturated carbocycles. The molecule has 3 nitrogen and oxygen atoms in total. The van der Waals surface area contributed by atoms with E-state index in [1.165, 1.54) is 13.2 Å². The van der Waals surface area contributed by atoms with Gasteiger partial charge in [-0.2, -0.15) is 0 Å². The summed E-state index contributed by atoms with van der Waals surface area (Å²) in [7, 11) is 1.42. The highest BCUT2D eigenvalue weighted by Crippen LogP contribution is 2.28. The van der Waals surface area contributed by atoms with Gasteiger partial charge < -0.3 is 15.8 Å². The van der Waals surface area contributed by atoms with Crippen molar-refractivity contribution < 1.29 is 9.13 Å². The molecule has 0 bridgehead atoms. The molecule has 0 aliphatic heterocycles. The maximum atomic E-state index is 13.4. The van der Waals surface area contributed by atoms with Crippen molar-refractivity contribution >= 4 is 27.3 Å². The second kappa shape index (κ2) is 5.93. The van der Waals surface area contributed by atoms with Gasteiger partial charge in [0.25, 0.3) is 0 Å². The number of nitrogens with two attached hydrogens (primary N) is 1. The third-order valence-electron chi connectivity index (χ3n) is 2.70. The molecule has 0 saturated heterocycles. The Bertz CT molecular complexity index is 590. The Morgan fingerprint density at radius 3 is 2.79 bits per heavy atom. The Balaban J connectivity index is 2.15. The smallest absolute Gasteiger partial charge is 0.167 e. The van der Waals surface area contributed by atoms with Crippen LogP contribution in [0.5, 0.6) is 5.75 Å². The number of nitrogen functional groups attached to an aromatic ring is 1. The van der Waals surface area contributed by atoms with Crippen molar-refractivity contribution in [2.45, 2.75) is 6.54 Å². The predicted octanol–water partition coefficient (Wildman–Crippen LogP) is 3.79. The van der Waals surface area contributed by atoms with Gasteiger partial charge in [0, 0.05) is 23.2 Å². The molecule has 0 amide bonds. The molecule has 0 radical (unpaired) electrons. The number of nitrogens with one attached hydrogen (secondary N) is 1. The van der Waals surface area contributed by atoms with E-state index in [1.54, 1.807) is 6.07 Å². The van der Waals surface area contributed by atoms with Gasteiger partial charge in [0.15, 0.2) is 11.6 Å². The standard InChI is InChI=1S/C14H14BrFN2O/c1-19-14-7-13(12(17)6-11(14)16)18-8-9-3-2-4-10(15)5-9/h2-7,18H,8,17H2,1H3. The SMILES string of the molecule is COc1cc(NCc2cccc(Br)c2)c(N)cc1F. The number of methoxy groups -OCH3 is 1. The molecule has 0 aliphatic rings. The quantitative estimate of drug-likeness (QED) is 0.841. The Labute approximate surface area is 119 Å². The molecule has 0 spiro atoms. The Morgan fingerprint density at radius 2 is 2.11 bits per heavy atom. The number of anilines is 2. The Morgan fingerprint density at radius 1 is 1.32 bits per heavy atom. The van der Waals surface area contributed by atoms with Crippen LogP contribution in [0.3, 0.4) is 0 Å². The van der Waals surface area contributed by atoms with E-state index in [1.807, 2.05) is 24.3 Å². The molecule has 0 fully saturated rings. The van der Waals surface area contributed by atoms with E-state index in [9.17, 15) is 4.39 Å². The molecule has 0 aromatic heterocycles. The lowest BCUT2D eigenvalue weighted by molar-refractivity contribution is 0.387. The maximum Gasteiger partial charge on any atom is 0.167 e. The van der Waals surface area contributed by atoms with Gasteiger partial charge in [-0.25, -0.2) is 4.39 Å². The largest absolute Gasteiger partial charge is 0.494 e. The third kappa shape index (κ3) is 3.38. The first-order chi connectivity index (χ1) is 9.10. The summed E-state index contributed by atoms with van der Waals surface area (Å²) < 4.78 is 19.4. The van der Waals surface area contributed by atoms with Crippen LogP contribution in [-0.4, -0.2) is 7.11 Å². The lowest BCUT2D eigenvalue weighted by Gasteiger charge is -2.12. The molecule has 0 aliphatic carbocycles. The average Bonchev–Trinajstić information content (AvgIpc) is 2.38. The van der Waals surface area contributed by atoms with Gasteiger partial charge in [-0.3, -0.25) is 0 Å². The molecule has 2 aromatic rings. The first-order valence-electron chi connectivity index (χ1n) is 5.71. The topological polar surface area (TPSA) is 47.3 Å². The van der Waals surface area contributed by atoms with Crippen LogP contribution in [0.1, 0.15) is 5.56 Å². The Hall–Kier alpha value is -1.75. The summed E-state index contributed by atoms with van der Waals surface area (Å²) in [6, 6.07) is 10.7. The monoisotopic (exact) mass is 324 g/mol. The Kier molecular flexibility index (Phi) is 4.27. The van der Waals surface area contributed by atoms with Crippen LogP contribution < -0.4 is 15.8 Å². The zero-order valence-corrected chi connectivity index (χ0v) is 12.0. The zero-order chi connectivity index (χ0) is 13.8. The van der Waals surface area contributed by atoms with E-state index >= 15 is 0 Å². The number of benzene rings is 2. The number of rotatable bonds is 4. The van der Waals surface area contributed by atoms with Gasteiger partial charge in [-0.15, -0.1) is 0 Å². The van der Waals surface area contributed by atoms with Crippen molar-refractivity contribution in [1.29, 1.82) is 0 Å². The lowest BCUT2D eigenvalue weighted by atomic mass is 10.2. The van der Waals surface area contributed by atoms with Crippen molar-refractivity contribution in [2.24, 2.45) is 0 Å². The van der Waals surface area contributed by atoms with Gasteiger partial charge in [0.05, 0.1) is 18.5 Å². The summed E-state index contributed by atoms with van der Waals surface area (Å²) in [5.41, 5.74) is 7.87. The maximum absolute atomic E-state index is 13.4. The minimum Gasteiger partial charge on any atom is -0.494 e. The van der Waals surface area contributed by atoms with E-state index in [0.29, 0.717) is 17.9 Å². The molecule has 2 rings (SSSR count). The summed E-state index contributed by atoms with van der Waals surface area (Å²) >= 11 is 3.41. The van der Waals surface area contributed by atoms with Gasteiger partial charge in [-0.05, 0) is 17.7 Å². The second-order valence-corrected chi connectivity index (χ2v) is 4.97. The highest BCUT2D eigenvalue weighted by molar-refractivity contribution is 9.10. The van der Waals surface area contributed by atoms with Crippen molar-refractivity contribution in [1.82, 2.24) is 0 Å². The van der Waals surface area contributed by atoms with E-state index in [4.69, 9.17) is 10.5 Å². The fourth-order valence-electron chi connectivity index (χ4n) is 1.72. The van der Waals surface area contributed by atoms with Crippen molar-refractivity contribution in [3.8, 4) is 5.75 Å². The fraction of sp³-hybridized carbons (Fsp3) is 0.143. The minimum atomic E-state index is -0.465. The average molecular weight is 325 g/mol. The molecular formula is C14H14BrFN2O. The van der Waals surface area contributed by atoms with Gasteiger partial charge in [-0.1, -0.05) is 28.1 Å². The number of ether oxygens (including phenoxy) is 1. The molecule has 100 valence electrons. The zero-order valence-electron chi connectivity index (χ0n) is 10.4. The highest BCUT2D eigenvalue weighted by Gasteiger charge is 2.08. The molecule has 0 atom stereocenters. The molecule has 0 heterocycles. The first-order valence-corrected chi connectivity index (χ1v) is 6.51. The van der Waals surface area contributed by atoms with E-state index < -0.39 is 5.82 Å². The van der Waals surface area contributed by atoms with Crippen LogP contribution in [0.15, 0.2) is 40.9 Å². The summed E-state index contributed by atoms with van der Waals surface area (Å²) in [4.78, 5) is 0. The fourth-order valence-corrected chi connectivity index (χ4v) is 2.17. The third-order valence-corrected chi connectivity index (χ3v) is 3.19. The van der Waals surface area contributed by atoms with Gasteiger partial charge in [0.1, 0.15) is 0 Å². The molecule has 19 heavy (non-hydrogen) atoms. The number of hydrogen-bond donors (Lipinski definition) is 2. The van der Waals surface area contributed by atoms with Crippen molar-refractivity contribution in [2.75, 3.05) is 18.2 Å². The molecule has 2 aromatic carbocycles. The van der Waals surface area contributed by atoms with E-state index in [0.717, 1.165) is 10.0 Å². The van der Waals surface area contributed by atoms with Crippen molar-refractivity contribution in [3.63, 3.8) is 0 Å². The number of hydrogen-bond acceptors (Lipinski definition) is 3. The summed E-state index contributed by atoms with van der Waals surface area (Å²) in [5, 5.41) is 3.17. The summed E-state index contributed by atoms with van der Waals surface area (Å²) in [6.07, 6.45) is 0. The lowest BCUT2D eigenvalue weighted by Crippen LogP contribution is -2.04. The first kappa shape index (κ1) is 13.7. The molecule has 3 N–H and O–H groups in total. The summed E-state index contributed by atoms with van der Waals surface area (Å²) in [6.45, 7) is 0.596. The summed E-state index contributed by atoms with van der Waals surface area (Å²) in [5.74, 6) is -0.293. The van der Waals surface area contributed by atoms with Crippen molar-refractivity contribution in [3.05, 3.63) is 52.3 Å². The molecule has 5 heteroatoms. The van der Waals surface area contributed by atoms with Crippen LogP contribution in [0.4, 0.5) is 15.8 Å². The van der Waals surface area contributed by atoms with E-state index in [-0.39, 0.29) is 5.75 Å². The number of halogens is 2. The molecular weight excluding hydrogens is 311 g/mol. The van der Waals surface area contributed by atoms with Gasteiger partial charge in [0.2, 0.25) is 0 Å². The highest BCUT2D eigenvalue weighted by atomic mass is 79.9.